The van der Waals surface area contributed by atoms with Crippen molar-refractivity contribution in [2.24, 2.45) is 0 Å². The van der Waals surface area contributed by atoms with E-state index >= 15 is 0 Å². The molecule has 2 aromatic carbocycles. The molecular formula is C31H32F5N5O5. The third-order valence-electron chi connectivity index (χ3n) is 7.50. The van der Waals surface area contributed by atoms with Gasteiger partial charge in [-0.1, -0.05) is 0 Å². The predicted octanol–water partition coefficient (Wildman–Crippen LogP) is 5.48. The number of methoxy groups -OCH3 is 1. The predicted molar refractivity (Wildman–Crippen MR) is 154 cm³/mol. The Morgan fingerprint density at radius 1 is 1.09 bits per heavy atom. The van der Waals surface area contributed by atoms with Gasteiger partial charge in [0.15, 0.2) is 17.4 Å². The first-order valence-corrected chi connectivity index (χ1v) is 14.5. The smallest absolute Gasteiger partial charge is 0.411 e. The van der Waals surface area contributed by atoms with Crippen molar-refractivity contribution in [3.63, 3.8) is 0 Å². The number of benzene rings is 2. The Morgan fingerprint density at radius 2 is 1.91 bits per heavy atom. The van der Waals surface area contributed by atoms with Crippen LogP contribution in [-0.2, 0) is 29.2 Å². The van der Waals surface area contributed by atoms with Crippen molar-refractivity contribution in [1.82, 2.24) is 24.4 Å². The van der Waals surface area contributed by atoms with Gasteiger partial charge in [-0.25, -0.2) is 23.5 Å². The monoisotopic (exact) mass is 649 g/mol. The van der Waals surface area contributed by atoms with Crippen LogP contribution in [0.1, 0.15) is 41.8 Å². The van der Waals surface area contributed by atoms with Crippen LogP contribution in [0.2, 0.25) is 0 Å². The fourth-order valence-electron chi connectivity index (χ4n) is 5.25. The van der Waals surface area contributed by atoms with Crippen LogP contribution in [0, 0.1) is 11.6 Å². The first-order chi connectivity index (χ1) is 22.0. The molecule has 0 amide bonds. The molecule has 0 aliphatic carbocycles. The summed E-state index contributed by atoms with van der Waals surface area (Å²) in [6, 6.07) is 9.56. The third kappa shape index (κ3) is 8.46. The van der Waals surface area contributed by atoms with Crippen molar-refractivity contribution < 1.29 is 45.7 Å². The maximum atomic E-state index is 13.9. The minimum atomic E-state index is -4.44. The molecule has 1 saturated heterocycles. The molecule has 4 aromatic rings. The molecule has 0 unspecified atom stereocenters. The van der Waals surface area contributed by atoms with Gasteiger partial charge < -0.3 is 23.5 Å². The lowest BCUT2D eigenvalue weighted by molar-refractivity contribution is -0.174. The number of ether oxygens (including phenoxy) is 4. The number of rotatable bonds is 12. The number of hydrogen-bond acceptors (Lipinski definition) is 9. The molecule has 0 N–H and O–H groups in total. The van der Waals surface area contributed by atoms with Gasteiger partial charge in [0, 0.05) is 37.5 Å². The van der Waals surface area contributed by atoms with E-state index in [9.17, 15) is 26.7 Å². The van der Waals surface area contributed by atoms with E-state index in [2.05, 4.69) is 14.9 Å². The van der Waals surface area contributed by atoms with E-state index in [-0.39, 0.29) is 43.5 Å². The molecule has 0 saturated carbocycles. The Morgan fingerprint density at radius 3 is 2.65 bits per heavy atom. The number of hydrogen-bond donors (Lipinski definition) is 0. The molecule has 5 rings (SSSR count). The Labute approximate surface area is 261 Å². The lowest BCUT2D eigenvalue weighted by Gasteiger charge is -2.37. The molecule has 46 heavy (non-hydrogen) atoms. The van der Waals surface area contributed by atoms with Gasteiger partial charge in [0.2, 0.25) is 5.88 Å². The molecule has 1 aliphatic rings. The van der Waals surface area contributed by atoms with Crippen LogP contribution >= 0.6 is 0 Å². The third-order valence-corrected chi connectivity index (χ3v) is 7.50. The highest BCUT2D eigenvalue weighted by Gasteiger charge is 2.29. The molecule has 10 nitrogen and oxygen atoms in total. The van der Waals surface area contributed by atoms with Gasteiger partial charge >= 0.3 is 12.1 Å². The summed E-state index contributed by atoms with van der Waals surface area (Å²) in [5.74, 6) is -0.976. The molecule has 3 heterocycles. The summed E-state index contributed by atoms with van der Waals surface area (Å²) in [6.07, 6.45) is -1.79. The summed E-state index contributed by atoms with van der Waals surface area (Å²) in [5, 5.41) is 0. The summed E-state index contributed by atoms with van der Waals surface area (Å²) in [7, 11) is 1.27. The van der Waals surface area contributed by atoms with Crippen molar-refractivity contribution in [2.75, 3.05) is 26.9 Å². The fraction of sp³-hybridized carbons (Fsp3) is 0.419. The highest BCUT2D eigenvalue weighted by atomic mass is 19.4. The molecule has 1 aliphatic heterocycles. The summed E-state index contributed by atoms with van der Waals surface area (Å²) in [6.45, 7) is 1.49. The van der Waals surface area contributed by atoms with E-state index in [4.69, 9.17) is 23.9 Å². The van der Waals surface area contributed by atoms with Crippen LogP contribution < -0.4 is 9.47 Å². The van der Waals surface area contributed by atoms with Gasteiger partial charge in [-0.2, -0.15) is 18.2 Å². The number of imidazole rings is 1. The number of carbonyl (C=O) groups excluding carboxylic acids is 1. The van der Waals surface area contributed by atoms with Gasteiger partial charge in [0.25, 0.3) is 0 Å². The first kappa shape index (κ1) is 33.0. The highest BCUT2D eigenvalue weighted by molar-refractivity contribution is 5.93. The molecular weight excluding hydrogens is 617 g/mol. The van der Waals surface area contributed by atoms with Gasteiger partial charge in [0.05, 0.1) is 36.9 Å². The number of likely N-dealkylation sites (tertiary alicyclic amines) is 1. The van der Waals surface area contributed by atoms with Gasteiger partial charge in [-0.15, -0.1) is 0 Å². The van der Waals surface area contributed by atoms with Crippen molar-refractivity contribution in [3.8, 4) is 11.6 Å². The Balaban J connectivity index is 1.22. The highest BCUT2D eigenvalue weighted by Crippen LogP contribution is 2.26. The van der Waals surface area contributed by atoms with Crippen LogP contribution in [-0.4, -0.2) is 75.6 Å². The van der Waals surface area contributed by atoms with Gasteiger partial charge in [0.1, 0.15) is 31.0 Å². The zero-order chi connectivity index (χ0) is 32.8. The maximum Gasteiger partial charge on any atom is 0.411 e. The van der Waals surface area contributed by atoms with Crippen molar-refractivity contribution in [3.05, 3.63) is 77.5 Å². The maximum absolute atomic E-state index is 13.9. The van der Waals surface area contributed by atoms with E-state index in [0.29, 0.717) is 54.2 Å². The Kier molecular flexibility index (Phi) is 10.3. The number of fused-ring (bicyclic) bond motifs is 1. The molecule has 246 valence electrons. The van der Waals surface area contributed by atoms with Crippen molar-refractivity contribution >= 4 is 17.0 Å². The molecule has 1 fully saturated rings. The first-order valence-electron chi connectivity index (χ1n) is 14.5. The average Bonchev–Trinajstić information content (AvgIpc) is 3.35. The molecule has 2 aromatic heterocycles. The summed E-state index contributed by atoms with van der Waals surface area (Å²) in [4.78, 5) is 27.6. The molecule has 0 spiro atoms. The van der Waals surface area contributed by atoms with Crippen LogP contribution in [0.4, 0.5) is 22.0 Å². The second-order valence-electron chi connectivity index (χ2n) is 10.8. The number of carbonyl (C=O) groups is 1. The number of esters is 1. The standard InChI is InChI=1S/C31H32F5N5O5/c1-19-13-22(46-29-7-9-37-27(39-29)17-45-26-6-4-21(32)15-23(26)33)8-10-40(19)16-28-38-24-5-3-20(30(42)43-2)14-25(24)41(28)11-12-44-18-31(34,35)36/h3-7,9,14-15,19,22H,8,10-13,16-18H2,1-2H3/t19-,22-/m0/s1. The molecule has 0 bridgehead atoms. The number of nitrogens with zero attached hydrogens (tertiary/aromatic N) is 5. The van der Waals surface area contributed by atoms with E-state index < -0.39 is 30.4 Å². The van der Waals surface area contributed by atoms with Crippen LogP contribution in [0.5, 0.6) is 11.6 Å². The number of halogens is 5. The zero-order valence-corrected chi connectivity index (χ0v) is 25.1. The SMILES string of the molecule is COC(=O)c1ccc2nc(CN3CC[C@H](Oc4ccnc(COc5ccc(F)cc5F)n4)C[C@@H]3C)n(CCOCC(F)(F)F)c2c1. The Hall–Kier alpha value is -4.37. The van der Waals surface area contributed by atoms with Crippen LogP contribution in [0.25, 0.3) is 11.0 Å². The van der Waals surface area contributed by atoms with Crippen molar-refractivity contribution in [1.29, 1.82) is 0 Å². The van der Waals surface area contributed by atoms with E-state index in [1.165, 1.54) is 19.4 Å². The van der Waals surface area contributed by atoms with Crippen molar-refractivity contribution in [2.45, 2.75) is 57.8 Å². The van der Waals surface area contributed by atoms with Gasteiger partial charge in [-0.3, -0.25) is 4.90 Å². The van der Waals surface area contributed by atoms with E-state index in [0.717, 1.165) is 12.1 Å². The minimum Gasteiger partial charge on any atom is -0.483 e. The lowest BCUT2D eigenvalue weighted by atomic mass is 10.0. The number of alkyl halides is 3. The Bertz CT molecular complexity index is 1670. The quantitative estimate of drug-likeness (QED) is 0.112. The lowest BCUT2D eigenvalue weighted by Crippen LogP contribution is -2.44. The normalized spacial score (nSPS) is 17.3. The summed E-state index contributed by atoms with van der Waals surface area (Å²) >= 11 is 0. The second kappa shape index (κ2) is 14.4. The van der Waals surface area contributed by atoms with E-state index in [1.54, 1.807) is 28.8 Å². The fourth-order valence-corrected chi connectivity index (χ4v) is 5.25. The molecule has 0 radical (unpaired) electrons. The molecule has 2 atom stereocenters. The topological polar surface area (TPSA) is 101 Å². The second-order valence-corrected chi connectivity index (χ2v) is 10.8. The largest absolute Gasteiger partial charge is 0.483 e. The van der Waals surface area contributed by atoms with Gasteiger partial charge in [-0.05, 0) is 50.1 Å². The summed E-state index contributed by atoms with van der Waals surface area (Å²) < 4.78 is 88.0. The zero-order valence-electron chi connectivity index (χ0n) is 25.1. The summed E-state index contributed by atoms with van der Waals surface area (Å²) in [5.41, 5.74) is 1.48. The van der Waals surface area contributed by atoms with E-state index in [1.807, 2.05) is 6.92 Å². The van der Waals surface area contributed by atoms with Crippen LogP contribution in [0.15, 0.2) is 48.7 Å². The molecule has 15 heteroatoms. The number of aromatic nitrogens is 4. The number of piperidine rings is 1. The van der Waals surface area contributed by atoms with Crippen LogP contribution in [0.3, 0.4) is 0 Å². The average molecular weight is 650 g/mol. The minimum absolute atomic E-state index is 0.0465.